The predicted octanol–water partition coefficient (Wildman–Crippen LogP) is 11.3. The Balaban J connectivity index is 1.20. The minimum Gasteiger partial charge on any atom is -0.401 e. The molecule has 246 valence electrons. The molecule has 0 N–H and O–H groups in total. The summed E-state index contributed by atoms with van der Waals surface area (Å²) in [6.45, 7) is 15.0. The number of benzene rings is 2. The molecular weight excluding hydrogens is 561 g/mol. The Bertz CT molecular complexity index is 1240. The molecule has 3 saturated carbocycles. The molecule has 2 aromatic rings. The van der Waals surface area contributed by atoms with Gasteiger partial charge < -0.3 is 4.43 Å². The van der Waals surface area contributed by atoms with E-state index >= 15 is 0 Å². The highest BCUT2D eigenvalue weighted by atomic mass is 28.4. The number of rotatable bonds is 11. The van der Waals surface area contributed by atoms with Crippen LogP contribution in [0.15, 0.2) is 72.3 Å². The summed E-state index contributed by atoms with van der Waals surface area (Å²) >= 11 is 0. The first-order valence-electron chi connectivity index (χ1n) is 19.1. The van der Waals surface area contributed by atoms with Crippen molar-refractivity contribution in [3.05, 3.63) is 72.3 Å². The lowest BCUT2D eigenvalue weighted by molar-refractivity contribution is -0.0558. The lowest BCUT2D eigenvalue weighted by atomic mass is 9.46. The molecule has 0 heterocycles. The van der Waals surface area contributed by atoms with Crippen molar-refractivity contribution in [1.29, 1.82) is 0 Å². The molecule has 4 aliphatic carbocycles. The summed E-state index contributed by atoms with van der Waals surface area (Å²) in [5, 5.41) is 2.83. The number of unbranched alkanes of at least 4 members (excludes halogenated alkanes) is 5. The van der Waals surface area contributed by atoms with E-state index in [1.807, 2.05) is 0 Å². The van der Waals surface area contributed by atoms with E-state index in [2.05, 4.69) is 108 Å². The molecule has 0 bridgehead atoms. The fourth-order valence-electron chi connectivity index (χ4n) is 11.5. The van der Waals surface area contributed by atoms with Gasteiger partial charge in [-0.1, -0.05) is 152 Å². The van der Waals surface area contributed by atoms with Crippen LogP contribution in [0.2, 0.25) is 5.04 Å². The lowest BCUT2D eigenvalue weighted by Gasteiger charge is -2.59. The van der Waals surface area contributed by atoms with Crippen LogP contribution in [0.3, 0.4) is 0 Å². The van der Waals surface area contributed by atoms with Gasteiger partial charge in [0, 0.05) is 0 Å². The Morgan fingerprint density at radius 3 is 2.02 bits per heavy atom. The van der Waals surface area contributed by atoms with E-state index in [0.717, 1.165) is 30.1 Å². The highest BCUT2D eigenvalue weighted by molar-refractivity contribution is 6.99. The Morgan fingerprint density at radius 2 is 1.38 bits per heavy atom. The molecule has 0 unspecified atom stereocenters. The molecule has 45 heavy (non-hydrogen) atoms. The first kappa shape index (κ1) is 33.3. The second kappa shape index (κ2) is 13.5. The van der Waals surface area contributed by atoms with Crippen molar-refractivity contribution in [3.63, 3.8) is 0 Å². The summed E-state index contributed by atoms with van der Waals surface area (Å²) < 4.78 is 7.68. The molecule has 2 aromatic carbocycles. The van der Waals surface area contributed by atoms with Gasteiger partial charge >= 0.3 is 0 Å². The molecular formula is C43H64OSi. The first-order chi connectivity index (χ1) is 21.6. The number of hydrogen-bond donors (Lipinski definition) is 0. The van der Waals surface area contributed by atoms with Crippen molar-refractivity contribution in [3.8, 4) is 0 Å². The van der Waals surface area contributed by atoms with Crippen LogP contribution in [0.5, 0.6) is 0 Å². The van der Waals surface area contributed by atoms with Crippen molar-refractivity contribution in [1.82, 2.24) is 0 Å². The van der Waals surface area contributed by atoms with Gasteiger partial charge in [-0.15, -0.1) is 0 Å². The monoisotopic (exact) mass is 624 g/mol. The Morgan fingerprint density at radius 1 is 0.733 bits per heavy atom. The van der Waals surface area contributed by atoms with Crippen molar-refractivity contribution in [2.24, 2.45) is 34.5 Å². The Hall–Kier alpha value is -1.64. The van der Waals surface area contributed by atoms with Gasteiger partial charge in [0.15, 0.2) is 0 Å². The van der Waals surface area contributed by atoms with Crippen LogP contribution in [0.4, 0.5) is 0 Å². The zero-order valence-corrected chi connectivity index (χ0v) is 30.8. The Labute approximate surface area is 278 Å². The summed E-state index contributed by atoms with van der Waals surface area (Å²) in [5.41, 5.74) is 2.72. The second-order valence-electron chi connectivity index (χ2n) is 17.3. The summed E-state index contributed by atoms with van der Waals surface area (Å²) in [5.74, 6) is 3.76. The minimum atomic E-state index is -2.55. The van der Waals surface area contributed by atoms with Crippen LogP contribution < -0.4 is 10.4 Å². The maximum atomic E-state index is 7.68. The molecule has 1 nitrogen and oxygen atoms in total. The van der Waals surface area contributed by atoms with Gasteiger partial charge in [-0.2, -0.15) is 0 Å². The molecule has 0 aliphatic heterocycles. The second-order valence-corrected chi connectivity index (χ2v) is 21.5. The molecule has 0 radical (unpaired) electrons. The largest absolute Gasteiger partial charge is 0.401 e. The van der Waals surface area contributed by atoms with Crippen molar-refractivity contribution in [2.75, 3.05) is 0 Å². The standard InChI is InChI=1S/C43H64OSi/c1-7-8-9-10-11-14-19-33-25-27-39-38-26-24-34-32-35(28-30-43(34,6)40(38)29-31-42(33,39)5)44-45(41(2,3)4,36-20-15-12-16-21-36)37-22-17-13-18-23-37/h12-13,15-18,20-23,32-33,35,38-40H,7-11,14,19,24-31H2,1-6H3/t33-,35-,38-,39-,40-,42+,43-/m0/s1. The number of hydrogen-bond acceptors (Lipinski definition) is 1. The molecule has 7 atom stereocenters. The predicted molar refractivity (Wildman–Crippen MR) is 196 cm³/mol. The average Bonchev–Trinajstić information content (AvgIpc) is 3.38. The summed E-state index contributed by atoms with van der Waals surface area (Å²) in [6, 6.07) is 22.5. The van der Waals surface area contributed by atoms with Crippen LogP contribution >= 0.6 is 0 Å². The third-order valence-corrected chi connectivity index (χ3v) is 19.0. The maximum absolute atomic E-state index is 7.68. The molecule has 0 saturated heterocycles. The topological polar surface area (TPSA) is 9.23 Å². The average molecular weight is 625 g/mol. The van der Waals surface area contributed by atoms with Gasteiger partial charge in [0.25, 0.3) is 8.32 Å². The molecule has 4 aliphatic rings. The quantitative estimate of drug-likeness (QED) is 0.137. The van der Waals surface area contributed by atoms with Crippen molar-refractivity contribution in [2.45, 2.75) is 149 Å². The van der Waals surface area contributed by atoms with Gasteiger partial charge in [0.05, 0.1) is 6.10 Å². The SMILES string of the molecule is CCCCCCCC[C@H]1CC[C@H]2[C@@H]3CCC4=C[C@@H](O[Si](c5ccccc5)(c5ccccc5)C(C)(C)C)CC[C@]4(C)[C@H]3CC[C@]12C. The Kier molecular flexibility index (Phi) is 9.95. The van der Waals surface area contributed by atoms with E-state index in [9.17, 15) is 0 Å². The smallest absolute Gasteiger partial charge is 0.261 e. The molecule has 6 rings (SSSR count). The van der Waals surface area contributed by atoms with Gasteiger partial charge in [-0.3, -0.25) is 0 Å². The van der Waals surface area contributed by atoms with E-state index in [1.54, 1.807) is 5.57 Å². The van der Waals surface area contributed by atoms with Crippen LogP contribution in [0, 0.1) is 34.5 Å². The number of fused-ring (bicyclic) bond motifs is 5. The first-order valence-corrected chi connectivity index (χ1v) is 21.0. The fourth-order valence-corrected chi connectivity index (χ4v) is 16.1. The van der Waals surface area contributed by atoms with E-state index in [4.69, 9.17) is 4.43 Å². The van der Waals surface area contributed by atoms with Crippen LogP contribution in [-0.2, 0) is 4.43 Å². The van der Waals surface area contributed by atoms with Crippen LogP contribution in [-0.4, -0.2) is 14.4 Å². The normalized spacial score (nSPS) is 33.2. The zero-order valence-electron chi connectivity index (χ0n) is 29.8. The summed E-state index contributed by atoms with van der Waals surface area (Å²) in [7, 11) is -2.55. The van der Waals surface area contributed by atoms with E-state index in [1.165, 1.54) is 100 Å². The summed E-state index contributed by atoms with van der Waals surface area (Å²) in [4.78, 5) is 0. The van der Waals surface area contributed by atoms with E-state index in [0.29, 0.717) is 10.8 Å². The van der Waals surface area contributed by atoms with Crippen molar-refractivity contribution >= 4 is 18.7 Å². The van der Waals surface area contributed by atoms with Gasteiger partial charge in [-0.05, 0) is 108 Å². The molecule has 3 fully saturated rings. The third-order valence-electron chi connectivity index (χ3n) is 13.9. The van der Waals surface area contributed by atoms with Crippen LogP contribution in [0.25, 0.3) is 0 Å². The molecule has 2 heteroatoms. The molecule has 0 spiro atoms. The van der Waals surface area contributed by atoms with Crippen LogP contribution in [0.1, 0.15) is 138 Å². The van der Waals surface area contributed by atoms with Gasteiger partial charge in [0.2, 0.25) is 0 Å². The highest BCUT2D eigenvalue weighted by Crippen LogP contribution is 2.67. The fraction of sp³-hybridized carbons (Fsp3) is 0.674. The van der Waals surface area contributed by atoms with E-state index in [-0.39, 0.29) is 11.1 Å². The molecule has 0 amide bonds. The van der Waals surface area contributed by atoms with Crippen molar-refractivity contribution < 1.29 is 4.43 Å². The molecule has 0 aromatic heterocycles. The minimum absolute atomic E-state index is 0.0228. The lowest BCUT2D eigenvalue weighted by Crippen LogP contribution is -2.67. The van der Waals surface area contributed by atoms with Gasteiger partial charge in [-0.25, -0.2) is 0 Å². The summed E-state index contributed by atoms with van der Waals surface area (Å²) in [6.07, 6.45) is 24.1. The highest BCUT2D eigenvalue weighted by Gasteiger charge is 2.59. The third kappa shape index (κ3) is 6.10. The van der Waals surface area contributed by atoms with E-state index < -0.39 is 8.32 Å². The van der Waals surface area contributed by atoms with Gasteiger partial charge in [0.1, 0.15) is 0 Å². The maximum Gasteiger partial charge on any atom is 0.261 e. The number of allylic oxidation sites excluding steroid dienone is 1. The zero-order chi connectivity index (χ0) is 31.7.